The van der Waals surface area contributed by atoms with Gasteiger partial charge in [-0.15, -0.1) is 0 Å². The summed E-state index contributed by atoms with van der Waals surface area (Å²) in [6, 6.07) is 10.1. The van der Waals surface area contributed by atoms with E-state index in [1.165, 1.54) is 3.57 Å². The molecule has 0 aliphatic heterocycles. The highest BCUT2D eigenvalue weighted by Gasteiger charge is 1.98. The molecule has 2 aromatic rings. The molecule has 0 saturated carbocycles. The van der Waals surface area contributed by atoms with Crippen LogP contribution in [0.2, 0.25) is 0 Å². The van der Waals surface area contributed by atoms with E-state index < -0.39 is 0 Å². The summed E-state index contributed by atoms with van der Waals surface area (Å²) in [7, 11) is 0. The van der Waals surface area contributed by atoms with Crippen LogP contribution in [0.3, 0.4) is 0 Å². The average molecular weight is 314 g/mol. The summed E-state index contributed by atoms with van der Waals surface area (Å²) in [6.07, 6.45) is 3.50. The topological polar surface area (TPSA) is 25.8 Å². The Morgan fingerprint density at radius 1 is 1.00 bits per heavy atom. The van der Waals surface area contributed by atoms with Gasteiger partial charge in [-0.25, -0.2) is 9.97 Å². The summed E-state index contributed by atoms with van der Waals surface area (Å²) in [5, 5.41) is 0.786. The number of nitrogens with zero attached hydrogens (tertiary/aromatic N) is 2. The molecule has 0 N–H and O–H groups in total. The van der Waals surface area contributed by atoms with Crippen LogP contribution in [0.4, 0.5) is 0 Å². The lowest BCUT2D eigenvalue weighted by molar-refractivity contribution is 0.967. The molecule has 0 bridgehead atoms. The summed E-state index contributed by atoms with van der Waals surface area (Å²) in [4.78, 5) is 9.46. The van der Waals surface area contributed by atoms with Crippen LogP contribution in [-0.2, 0) is 0 Å². The number of rotatable bonds is 2. The maximum atomic E-state index is 4.15. The SMILES string of the molecule is Ic1ccc(Sc2ncccn2)cc1. The zero-order valence-electron chi connectivity index (χ0n) is 7.22. The normalized spacial score (nSPS) is 10.1. The van der Waals surface area contributed by atoms with Crippen molar-refractivity contribution in [2.45, 2.75) is 10.1 Å². The number of aromatic nitrogens is 2. The number of halogens is 1. The lowest BCUT2D eigenvalue weighted by Gasteiger charge is -1.98. The van der Waals surface area contributed by atoms with Crippen molar-refractivity contribution in [3.63, 3.8) is 0 Å². The van der Waals surface area contributed by atoms with Crippen molar-refractivity contribution in [1.29, 1.82) is 0 Å². The Labute approximate surface area is 100 Å². The maximum absolute atomic E-state index is 4.15. The fourth-order valence-corrected chi connectivity index (χ4v) is 2.02. The van der Waals surface area contributed by atoms with Gasteiger partial charge in [0.25, 0.3) is 0 Å². The Morgan fingerprint density at radius 2 is 1.64 bits per heavy atom. The van der Waals surface area contributed by atoms with Crippen LogP contribution in [0, 0.1) is 3.57 Å². The first kappa shape index (κ1) is 9.92. The predicted molar refractivity (Wildman–Crippen MR) is 65.3 cm³/mol. The van der Waals surface area contributed by atoms with Crippen LogP contribution in [0.1, 0.15) is 0 Å². The molecule has 0 atom stereocenters. The van der Waals surface area contributed by atoms with E-state index in [2.05, 4.69) is 56.8 Å². The fraction of sp³-hybridized carbons (Fsp3) is 0. The second-order valence-corrected chi connectivity index (χ2v) is 4.87. The zero-order chi connectivity index (χ0) is 9.80. The number of hydrogen-bond donors (Lipinski definition) is 0. The molecule has 0 aliphatic rings. The Morgan fingerprint density at radius 3 is 2.29 bits per heavy atom. The van der Waals surface area contributed by atoms with E-state index in [4.69, 9.17) is 0 Å². The highest BCUT2D eigenvalue weighted by atomic mass is 127. The van der Waals surface area contributed by atoms with Gasteiger partial charge < -0.3 is 0 Å². The third-order valence-corrected chi connectivity index (χ3v) is 3.19. The Bertz CT molecular complexity index is 402. The molecule has 1 aromatic heterocycles. The molecule has 0 saturated heterocycles. The van der Waals surface area contributed by atoms with Crippen molar-refractivity contribution < 1.29 is 0 Å². The maximum Gasteiger partial charge on any atom is 0.192 e. The summed E-state index contributed by atoms with van der Waals surface area (Å²) < 4.78 is 1.24. The van der Waals surface area contributed by atoms with Crippen molar-refractivity contribution >= 4 is 34.4 Å². The van der Waals surface area contributed by atoms with Gasteiger partial charge in [0.2, 0.25) is 0 Å². The Balaban J connectivity index is 2.16. The molecule has 1 aromatic carbocycles. The minimum absolute atomic E-state index is 0.786. The van der Waals surface area contributed by atoms with Crippen molar-refractivity contribution in [2.75, 3.05) is 0 Å². The molecule has 2 nitrogen and oxygen atoms in total. The van der Waals surface area contributed by atoms with Gasteiger partial charge in [-0.05, 0) is 64.7 Å². The highest BCUT2D eigenvalue weighted by Crippen LogP contribution is 2.24. The van der Waals surface area contributed by atoms with Gasteiger partial charge in [-0.1, -0.05) is 0 Å². The van der Waals surface area contributed by atoms with E-state index in [0.717, 1.165) is 10.1 Å². The van der Waals surface area contributed by atoms with Crippen molar-refractivity contribution in [3.05, 3.63) is 46.3 Å². The summed E-state index contributed by atoms with van der Waals surface area (Å²) in [5.41, 5.74) is 0. The third kappa shape index (κ3) is 2.68. The van der Waals surface area contributed by atoms with Crippen molar-refractivity contribution in [3.8, 4) is 0 Å². The van der Waals surface area contributed by atoms with Crippen LogP contribution in [0.15, 0.2) is 52.8 Å². The largest absolute Gasteiger partial charge is 0.231 e. The van der Waals surface area contributed by atoms with Gasteiger partial charge in [-0.3, -0.25) is 0 Å². The summed E-state index contributed by atoms with van der Waals surface area (Å²) >= 11 is 3.86. The molecular formula is C10H7IN2S. The monoisotopic (exact) mass is 314 g/mol. The van der Waals surface area contributed by atoms with Crippen LogP contribution in [-0.4, -0.2) is 9.97 Å². The first-order valence-electron chi connectivity index (χ1n) is 4.05. The number of benzene rings is 1. The van der Waals surface area contributed by atoms with Crippen LogP contribution in [0.5, 0.6) is 0 Å². The van der Waals surface area contributed by atoms with Crippen LogP contribution < -0.4 is 0 Å². The molecule has 2 rings (SSSR count). The minimum atomic E-state index is 0.786. The van der Waals surface area contributed by atoms with Gasteiger partial charge in [0.15, 0.2) is 5.16 Å². The van der Waals surface area contributed by atoms with Crippen LogP contribution >= 0.6 is 34.4 Å². The van der Waals surface area contributed by atoms with Gasteiger partial charge in [-0.2, -0.15) is 0 Å². The van der Waals surface area contributed by atoms with E-state index in [-0.39, 0.29) is 0 Å². The Kier molecular flexibility index (Phi) is 3.36. The average Bonchev–Trinajstić information content (AvgIpc) is 2.23. The molecule has 0 radical (unpaired) electrons. The minimum Gasteiger partial charge on any atom is -0.231 e. The summed E-state index contributed by atoms with van der Waals surface area (Å²) in [5.74, 6) is 0. The molecule has 0 spiro atoms. The van der Waals surface area contributed by atoms with Gasteiger partial charge in [0, 0.05) is 20.9 Å². The molecule has 1 heterocycles. The zero-order valence-corrected chi connectivity index (χ0v) is 10.2. The molecule has 0 fully saturated rings. The third-order valence-electron chi connectivity index (χ3n) is 1.56. The quantitative estimate of drug-likeness (QED) is 0.629. The van der Waals surface area contributed by atoms with Crippen molar-refractivity contribution in [1.82, 2.24) is 9.97 Å². The van der Waals surface area contributed by atoms with E-state index in [9.17, 15) is 0 Å². The first-order valence-corrected chi connectivity index (χ1v) is 5.94. The lowest BCUT2D eigenvalue weighted by Crippen LogP contribution is -1.82. The standard InChI is InChI=1S/C10H7IN2S/c11-8-2-4-9(5-3-8)14-10-12-6-1-7-13-10/h1-7H. The second-order valence-electron chi connectivity index (χ2n) is 2.59. The predicted octanol–water partition coefficient (Wildman–Crippen LogP) is 3.23. The molecular weight excluding hydrogens is 307 g/mol. The first-order chi connectivity index (χ1) is 6.84. The molecule has 70 valence electrons. The lowest BCUT2D eigenvalue weighted by atomic mass is 10.4. The Hall–Kier alpha value is -0.620. The summed E-state index contributed by atoms with van der Waals surface area (Å²) in [6.45, 7) is 0. The van der Waals surface area contributed by atoms with Gasteiger partial charge in [0.1, 0.15) is 0 Å². The number of hydrogen-bond acceptors (Lipinski definition) is 3. The van der Waals surface area contributed by atoms with Crippen molar-refractivity contribution in [2.24, 2.45) is 0 Å². The van der Waals surface area contributed by atoms with E-state index >= 15 is 0 Å². The molecule has 0 amide bonds. The van der Waals surface area contributed by atoms with E-state index in [0.29, 0.717) is 0 Å². The smallest absolute Gasteiger partial charge is 0.192 e. The molecule has 0 unspecified atom stereocenters. The molecule has 14 heavy (non-hydrogen) atoms. The van der Waals surface area contributed by atoms with E-state index in [1.54, 1.807) is 24.2 Å². The van der Waals surface area contributed by atoms with Gasteiger partial charge >= 0.3 is 0 Å². The van der Waals surface area contributed by atoms with Gasteiger partial charge in [0.05, 0.1) is 0 Å². The van der Waals surface area contributed by atoms with E-state index in [1.807, 2.05) is 6.07 Å². The van der Waals surface area contributed by atoms with Crippen LogP contribution in [0.25, 0.3) is 0 Å². The highest BCUT2D eigenvalue weighted by molar-refractivity contribution is 14.1. The molecule has 0 aliphatic carbocycles. The second kappa shape index (κ2) is 4.75. The fourth-order valence-electron chi connectivity index (χ4n) is 0.946. The molecule has 4 heteroatoms.